The Kier molecular flexibility index (Phi) is 4.20. The van der Waals surface area contributed by atoms with Gasteiger partial charge < -0.3 is 14.1 Å². The van der Waals surface area contributed by atoms with Crippen molar-refractivity contribution in [3.05, 3.63) is 24.2 Å². The number of esters is 1. The lowest BCUT2D eigenvalue weighted by Crippen LogP contribution is -3.13. The lowest BCUT2D eigenvalue weighted by Gasteiger charge is -2.25. The van der Waals surface area contributed by atoms with Gasteiger partial charge in [0.1, 0.15) is 12.6 Å². The standard InChI is InChI=1S/C13H19NO3/c1-11(10-14-7-3-2-4-8-14)17-13(15)12-6-5-9-16-12/h5-6,9,11H,2-4,7-8,10H2,1H3/p+1/t11-/m1/s1. The molecule has 4 nitrogen and oxygen atoms in total. The Balaban J connectivity index is 1.76. The maximum Gasteiger partial charge on any atom is 0.374 e. The molecule has 1 N–H and O–H groups in total. The molecule has 94 valence electrons. The van der Waals surface area contributed by atoms with Crippen molar-refractivity contribution in [2.24, 2.45) is 0 Å². The Hall–Kier alpha value is -1.29. The first kappa shape index (κ1) is 12.2. The van der Waals surface area contributed by atoms with Crippen LogP contribution in [0.5, 0.6) is 0 Å². The summed E-state index contributed by atoms with van der Waals surface area (Å²) in [5, 5.41) is 0. The minimum atomic E-state index is -0.362. The van der Waals surface area contributed by atoms with E-state index < -0.39 is 0 Å². The van der Waals surface area contributed by atoms with Gasteiger partial charge in [0, 0.05) is 0 Å². The second-order valence-electron chi connectivity index (χ2n) is 4.71. The highest BCUT2D eigenvalue weighted by atomic mass is 16.6. The van der Waals surface area contributed by atoms with Crippen LogP contribution in [0.2, 0.25) is 0 Å². The molecule has 1 saturated heterocycles. The van der Waals surface area contributed by atoms with E-state index in [1.165, 1.54) is 43.5 Å². The van der Waals surface area contributed by atoms with Gasteiger partial charge in [-0.2, -0.15) is 0 Å². The normalized spacial score (nSPS) is 18.9. The third-order valence-electron chi connectivity index (χ3n) is 3.17. The summed E-state index contributed by atoms with van der Waals surface area (Å²) < 4.78 is 10.3. The fourth-order valence-corrected chi connectivity index (χ4v) is 2.34. The highest BCUT2D eigenvalue weighted by molar-refractivity contribution is 5.86. The summed E-state index contributed by atoms with van der Waals surface area (Å²) in [6.07, 6.45) is 5.34. The van der Waals surface area contributed by atoms with Crippen LogP contribution in [0.25, 0.3) is 0 Å². The van der Waals surface area contributed by atoms with Crippen LogP contribution in [-0.4, -0.2) is 31.7 Å². The van der Waals surface area contributed by atoms with Crippen LogP contribution in [0, 0.1) is 0 Å². The first-order chi connectivity index (χ1) is 8.25. The van der Waals surface area contributed by atoms with Crippen LogP contribution in [0.3, 0.4) is 0 Å². The zero-order valence-corrected chi connectivity index (χ0v) is 10.3. The average molecular weight is 238 g/mol. The summed E-state index contributed by atoms with van der Waals surface area (Å²) in [6, 6.07) is 3.32. The van der Waals surface area contributed by atoms with E-state index in [0.717, 1.165) is 6.54 Å². The summed E-state index contributed by atoms with van der Waals surface area (Å²) in [6.45, 7) is 5.24. The number of likely N-dealkylation sites (tertiary alicyclic amines) is 1. The number of rotatable bonds is 4. The summed E-state index contributed by atoms with van der Waals surface area (Å²) in [5.41, 5.74) is 0. The predicted octanol–water partition coefficient (Wildman–Crippen LogP) is 0.894. The van der Waals surface area contributed by atoms with Crippen LogP contribution >= 0.6 is 0 Å². The van der Waals surface area contributed by atoms with E-state index in [9.17, 15) is 4.79 Å². The molecule has 0 saturated carbocycles. The molecule has 0 aromatic carbocycles. The average Bonchev–Trinajstić information content (AvgIpc) is 2.83. The van der Waals surface area contributed by atoms with Crippen molar-refractivity contribution >= 4 is 5.97 Å². The molecule has 0 bridgehead atoms. The Morgan fingerprint density at radius 1 is 1.47 bits per heavy atom. The second kappa shape index (κ2) is 5.87. The van der Waals surface area contributed by atoms with E-state index in [0.29, 0.717) is 0 Å². The molecular weight excluding hydrogens is 218 g/mol. The molecular formula is C13H20NO3+. The van der Waals surface area contributed by atoms with Crippen LogP contribution in [0.15, 0.2) is 22.8 Å². The number of nitrogens with one attached hydrogen (secondary N) is 1. The summed E-state index contributed by atoms with van der Waals surface area (Å²) >= 11 is 0. The number of quaternary nitrogens is 1. The molecule has 1 fully saturated rings. The molecule has 0 amide bonds. The molecule has 0 radical (unpaired) electrons. The van der Waals surface area contributed by atoms with Gasteiger partial charge in [-0.05, 0) is 38.3 Å². The third kappa shape index (κ3) is 3.60. The van der Waals surface area contributed by atoms with Gasteiger partial charge in [-0.15, -0.1) is 0 Å². The number of carbonyl (C=O) groups excluding carboxylic acids is 1. The predicted molar refractivity (Wildman–Crippen MR) is 63.0 cm³/mol. The fraction of sp³-hybridized carbons (Fsp3) is 0.615. The van der Waals surface area contributed by atoms with Gasteiger partial charge in [0.2, 0.25) is 5.76 Å². The minimum Gasteiger partial charge on any atom is -0.457 e. The molecule has 1 aromatic rings. The third-order valence-corrected chi connectivity index (χ3v) is 3.17. The van der Waals surface area contributed by atoms with E-state index in [1.807, 2.05) is 6.92 Å². The summed E-state index contributed by atoms with van der Waals surface area (Å²) in [5.74, 6) is -0.0793. The summed E-state index contributed by atoms with van der Waals surface area (Å²) in [4.78, 5) is 13.2. The topological polar surface area (TPSA) is 43.9 Å². The second-order valence-corrected chi connectivity index (χ2v) is 4.71. The van der Waals surface area contributed by atoms with Gasteiger partial charge in [0.15, 0.2) is 0 Å². The number of hydrogen-bond acceptors (Lipinski definition) is 3. The van der Waals surface area contributed by atoms with Crippen molar-refractivity contribution in [2.45, 2.75) is 32.3 Å². The van der Waals surface area contributed by atoms with Gasteiger partial charge in [0.05, 0.1) is 19.4 Å². The molecule has 0 aliphatic carbocycles. The molecule has 0 spiro atoms. The molecule has 2 heterocycles. The van der Waals surface area contributed by atoms with Gasteiger partial charge >= 0.3 is 5.97 Å². The van der Waals surface area contributed by atoms with Gasteiger partial charge in [0.25, 0.3) is 0 Å². The molecule has 1 aliphatic rings. The Bertz CT molecular complexity index is 342. The van der Waals surface area contributed by atoms with Gasteiger partial charge in [-0.25, -0.2) is 4.79 Å². The molecule has 1 aliphatic heterocycles. The largest absolute Gasteiger partial charge is 0.457 e. The fourth-order valence-electron chi connectivity index (χ4n) is 2.34. The van der Waals surface area contributed by atoms with E-state index in [1.54, 1.807) is 12.1 Å². The minimum absolute atomic E-state index is 0.0549. The van der Waals surface area contributed by atoms with Crippen molar-refractivity contribution in [2.75, 3.05) is 19.6 Å². The van der Waals surface area contributed by atoms with E-state index in [2.05, 4.69) is 0 Å². The molecule has 4 heteroatoms. The first-order valence-corrected chi connectivity index (χ1v) is 6.34. The Morgan fingerprint density at radius 3 is 2.88 bits per heavy atom. The van der Waals surface area contributed by atoms with Crippen LogP contribution in [0.4, 0.5) is 0 Å². The molecule has 17 heavy (non-hydrogen) atoms. The first-order valence-electron chi connectivity index (χ1n) is 6.34. The SMILES string of the molecule is C[C@H](C[NH+]1CCCCC1)OC(=O)c1ccco1. The van der Waals surface area contributed by atoms with Crippen molar-refractivity contribution in [1.82, 2.24) is 0 Å². The van der Waals surface area contributed by atoms with Gasteiger partial charge in [-0.3, -0.25) is 0 Å². The van der Waals surface area contributed by atoms with Crippen LogP contribution in [-0.2, 0) is 4.74 Å². The monoisotopic (exact) mass is 238 g/mol. The van der Waals surface area contributed by atoms with Crippen LogP contribution < -0.4 is 4.90 Å². The van der Waals surface area contributed by atoms with E-state index in [4.69, 9.17) is 9.15 Å². The van der Waals surface area contributed by atoms with Crippen molar-refractivity contribution in [3.8, 4) is 0 Å². The number of carbonyl (C=O) groups is 1. The molecule has 2 rings (SSSR count). The molecule has 1 aromatic heterocycles. The van der Waals surface area contributed by atoms with Crippen molar-refractivity contribution in [3.63, 3.8) is 0 Å². The van der Waals surface area contributed by atoms with Crippen LogP contribution in [0.1, 0.15) is 36.7 Å². The summed E-state index contributed by atoms with van der Waals surface area (Å²) in [7, 11) is 0. The molecule has 0 unspecified atom stereocenters. The smallest absolute Gasteiger partial charge is 0.374 e. The van der Waals surface area contributed by atoms with Crippen molar-refractivity contribution < 1.29 is 18.8 Å². The van der Waals surface area contributed by atoms with E-state index >= 15 is 0 Å². The van der Waals surface area contributed by atoms with E-state index in [-0.39, 0.29) is 17.8 Å². The van der Waals surface area contributed by atoms with Gasteiger partial charge in [-0.1, -0.05) is 0 Å². The number of ether oxygens (including phenoxy) is 1. The number of hydrogen-bond donors (Lipinski definition) is 1. The maximum absolute atomic E-state index is 11.6. The highest BCUT2D eigenvalue weighted by Crippen LogP contribution is 2.04. The Labute approximate surface area is 102 Å². The quantitative estimate of drug-likeness (QED) is 0.792. The van der Waals surface area contributed by atoms with Crippen molar-refractivity contribution in [1.29, 1.82) is 0 Å². The molecule has 1 atom stereocenters. The zero-order chi connectivity index (χ0) is 12.1. The number of piperidine rings is 1. The number of furan rings is 1. The zero-order valence-electron chi connectivity index (χ0n) is 10.3. The maximum atomic E-state index is 11.6. The lowest BCUT2D eigenvalue weighted by atomic mass is 10.1. The Morgan fingerprint density at radius 2 is 2.24 bits per heavy atom. The lowest BCUT2D eigenvalue weighted by molar-refractivity contribution is -0.907. The highest BCUT2D eigenvalue weighted by Gasteiger charge is 2.20.